The van der Waals surface area contributed by atoms with E-state index < -0.39 is 5.97 Å². The maximum absolute atomic E-state index is 12.3. The molecule has 2 N–H and O–H groups in total. The predicted molar refractivity (Wildman–Crippen MR) is 133 cm³/mol. The molecule has 0 radical (unpaired) electrons. The van der Waals surface area contributed by atoms with E-state index in [2.05, 4.69) is 6.08 Å². The molecule has 4 heteroatoms. The average molecular weight is 461 g/mol. The number of hydrogen-bond donors (Lipinski definition) is 2. The number of allylic oxidation sites excluding steroid dienone is 1. The van der Waals surface area contributed by atoms with Crippen molar-refractivity contribution >= 4 is 11.8 Å². The highest BCUT2D eigenvalue weighted by atomic mass is 16.4. The number of aliphatic carboxylic acids is 1. The van der Waals surface area contributed by atoms with E-state index in [1.165, 1.54) is 57.8 Å². The Balaban J connectivity index is 1.30. The second kappa shape index (κ2) is 14.3. The standard InChI is InChI=1S/C29H48O4/c30-25(14-7-5-10-22-12-9-13-23-11-6-8-15-26(22)23)20-18-24-19-21-28(31)27(24)16-3-1-2-4-17-29(32)33/h18,20,22-27,30H,1-17,19,21H2,(H,32,33)/b20-18+/t22?,23?,24-,25-,26?,27+/m0/s1. The molecule has 0 aromatic rings. The zero-order valence-electron chi connectivity index (χ0n) is 20.8. The van der Waals surface area contributed by atoms with Gasteiger partial charge in [0.1, 0.15) is 5.78 Å². The molecular formula is C29H48O4. The van der Waals surface area contributed by atoms with Gasteiger partial charge in [-0.1, -0.05) is 89.2 Å². The monoisotopic (exact) mass is 460 g/mol. The Labute approximate surface area is 201 Å². The highest BCUT2D eigenvalue weighted by Crippen LogP contribution is 2.45. The SMILES string of the molecule is O=C(O)CCCCCC[C@H]1C(=O)CC[C@@H]1/C=C/[C@@H](O)CCCCC1CCCC2CCCCC21. The fourth-order valence-electron chi connectivity index (χ4n) is 7.09. The average Bonchev–Trinajstić information content (AvgIpc) is 3.16. The normalized spacial score (nSPS) is 31.1. The van der Waals surface area contributed by atoms with Gasteiger partial charge in [-0.15, -0.1) is 0 Å². The van der Waals surface area contributed by atoms with Crippen LogP contribution in [0.15, 0.2) is 12.2 Å². The molecule has 0 bridgehead atoms. The van der Waals surface area contributed by atoms with Gasteiger partial charge in [-0.05, 0) is 55.8 Å². The van der Waals surface area contributed by atoms with Crippen LogP contribution >= 0.6 is 0 Å². The van der Waals surface area contributed by atoms with Crippen LogP contribution in [0.4, 0.5) is 0 Å². The molecule has 6 atom stereocenters. The number of ketones is 1. The maximum Gasteiger partial charge on any atom is 0.303 e. The third-order valence-electron chi connectivity index (χ3n) is 8.94. The van der Waals surface area contributed by atoms with E-state index in [-0.39, 0.29) is 24.4 Å². The summed E-state index contributed by atoms with van der Waals surface area (Å²) in [7, 11) is 0. The van der Waals surface area contributed by atoms with Crippen LogP contribution in [0.25, 0.3) is 0 Å². The Hall–Kier alpha value is -1.16. The molecule has 3 rings (SSSR count). The maximum atomic E-state index is 12.3. The summed E-state index contributed by atoms with van der Waals surface area (Å²) >= 11 is 0. The molecule has 188 valence electrons. The molecule has 3 aliphatic rings. The van der Waals surface area contributed by atoms with Crippen molar-refractivity contribution in [3.63, 3.8) is 0 Å². The molecule has 3 unspecified atom stereocenters. The molecule has 0 aromatic carbocycles. The van der Waals surface area contributed by atoms with E-state index in [0.717, 1.165) is 69.1 Å². The first-order valence-corrected chi connectivity index (χ1v) is 14.2. The third kappa shape index (κ3) is 8.85. The molecule has 0 amide bonds. The van der Waals surface area contributed by atoms with E-state index in [1.807, 2.05) is 6.08 Å². The quantitative estimate of drug-likeness (QED) is 0.214. The van der Waals surface area contributed by atoms with Gasteiger partial charge in [0.25, 0.3) is 0 Å². The van der Waals surface area contributed by atoms with Crippen molar-refractivity contribution in [1.82, 2.24) is 0 Å². The summed E-state index contributed by atoms with van der Waals surface area (Å²) in [6.07, 6.45) is 24.8. The summed E-state index contributed by atoms with van der Waals surface area (Å²) in [5.41, 5.74) is 0. The second-order valence-electron chi connectivity index (χ2n) is 11.3. The summed E-state index contributed by atoms with van der Waals surface area (Å²) in [4.78, 5) is 22.9. The topological polar surface area (TPSA) is 74.6 Å². The van der Waals surface area contributed by atoms with Crippen LogP contribution in [0.2, 0.25) is 0 Å². The van der Waals surface area contributed by atoms with Gasteiger partial charge in [-0.3, -0.25) is 9.59 Å². The van der Waals surface area contributed by atoms with E-state index in [4.69, 9.17) is 5.11 Å². The smallest absolute Gasteiger partial charge is 0.303 e. The van der Waals surface area contributed by atoms with Gasteiger partial charge in [-0.2, -0.15) is 0 Å². The number of carboxylic acid groups (broad SMARTS) is 1. The molecule has 0 aliphatic heterocycles. The molecule has 0 heterocycles. The lowest BCUT2D eigenvalue weighted by Gasteiger charge is -2.41. The number of Topliss-reactive ketones (excluding diaryl/α,β-unsaturated/α-hetero) is 1. The van der Waals surface area contributed by atoms with Crippen LogP contribution < -0.4 is 0 Å². The van der Waals surface area contributed by atoms with Crippen molar-refractivity contribution in [3.05, 3.63) is 12.2 Å². The lowest BCUT2D eigenvalue weighted by Crippen LogP contribution is -2.30. The zero-order chi connectivity index (χ0) is 23.5. The molecule has 0 aromatic heterocycles. The molecule has 3 saturated carbocycles. The van der Waals surface area contributed by atoms with Crippen LogP contribution in [0, 0.1) is 29.6 Å². The number of aliphatic hydroxyl groups is 1. The van der Waals surface area contributed by atoms with Gasteiger partial charge < -0.3 is 10.2 Å². The highest BCUT2D eigenvalue weighted by molar-refractivity contribution is 5.83. The van der Waals surface area contributed by atoms with Gasteiger partial charge in [0, 0.05) is 18.8 Å². The first kappa shape index (κ1) is 26.4. The molecule has 0 saturated heterocycles. The van der Waals surface area contributed by atoms with Crippen LogP contribution in [-0.4, -0.2) is 28.1 Å². The van der Waals surface area contributed by atoms with Gasteiger partial charge in [0.05, 0.1) is 6.10 Å². The molecular weight excluding hydrogens is 412 g/mol. The van der Waals surface area contributed by atoms with Crippen molar-refractivity contribution in [2.45, 2.75) is 128 Å². The Bertz CT molecular complexity index is 625. The lowest BCUT2D eigenvalue weighted by atomic mass is 9.64. The fourth-order valence-corrected chi connectivity index (χ4v) is 7.09. The number of unbranched alkanes of at least 4 members (excludes halogenated alkanes) is 4. The minimum Gasteiger partial charge on any atom is -0.481 e. The van der Waals surface area contributed by atoms with Gasteiger partial charge in [0.15, 0.2) is 0 Å². The number of carboxylic acids is 1. The third-order valence-corrected chi connectivity index (χ3v) is 8.94. The van der Waals surface area contributed by atoms with Crippen molar-refractivity contribution < 1.29 is 19.8 Å². The number of carbonyl (C=O) groups is 2. The summed E-state index contributed by atoms with van der Waals surface area (Å²) in [6.45, 7) is 0. The highest BCUT2D eigenvalue weighted by Gasteiger charge is 2.34. The fraction of sp³-hybridized carbons (Fsp3) is 0.862. The lowest BCUT2D eigenvalue weighted by molar-refractivity contribution is -0.137. The Morgan fingerprint density at radius 1 is 0.909 bits per heavy atom. The van der Waals surface area contributed by atoms with Crippen molar-refractivity contribution in [3.8, 4) is 0 Å². The summed E-state index contributed by atoms with van der Waals surface area (Å²) in [6, 6.07) is 0. The van der Waals surface area contributed by atoms with Crippen LogP contribution in [0.3, 0.4) is 0 Å². The molecule has 33 heavy (non-hydrogen) atoms. The van der Waals surface area contributed by atoms with Crippen LogP contribution in [-0.2, 0) is 9.59 Å². The molecule has 0 spiro atoms. The Kier molecular flexibility index (Phi) is 11.4. The number of carbonyl (C=O) groups excluding carboxylic acids is 1. The van der Waals surface area contributed by atoms with Crippen molar-refractivity contribution in [1.29, 1.82) is 0 Å². The van der Waals surface area contributed by atoms with Crippen molar-refractivity contribution in [2.75, 3.05) is 0 Å². The second-order valence-corrected chi connectivity index (χ2v) is 11.3. The van der Waals surface area contributed by atoms with E-state index >= 15 is 0 Å². The largest absolute Gasteiger partial charge is 0.481 e. The molecule has 3 aliphatic carbocycles. The number of hydrogen-bond acceptors (Lipinski definition) is 3. The number of rotatable bonds is 14. The predicted octanol–water partition coefficient (Wildman–Crippen LogP) is 7.09. The van der Waals surface area contributed by atoms with Gasteiger partial charge >= 0.3 is 5.97 Å². The Morgan fingerprint density at radius 2 is 1.67 bits per heavy atom. The first-order chi connectivity index (χ1) is 16.0. The number of aliphatic hydroxyl groups excluding tert-OH is 1. The first-order valence-electron chi connectivity index (χ1n) is 14.2. The van der Waals surface area contributed by atoms with Gasteiger partial charge in [0.2, 0.25) is 0 Å². The zero-order valence-corrected chi connectivity index (χ0v) is 20.8. The molecule has 4 nitrogen and oxygen atoms in total. The summed E-state index contributed by atoms with van der Waals surface area (Å²) in [5.74, 6) is 2.96. The minimum absolute atomic E-state index is 0.0997. The summed E-state index contributed by atoms with van der Waals surface area (Å²) < 4.78 is 0. The summed E-state index contributed by atoms with van der Waals surface area (Å²) in [5, 5.41) is 19.2. The van der Waals surface area contributed by atoms with Crippen LogP contribution in [0.5, 0.6) is 0 Å². The van der Waals surface area contributed by atoms with E-state index in [1.54, 1.807) is 0 Å². The van der Waals surface area contributed by atoms with E-state index in [9.17, 15) is 14.7 Å². The minimum atomic E-state index is -0.725. The van der Waals surface area contributed by atoms with Gasteiger partial charge in [-0.25, -0.2) is 0 Å². The Morgan fingerprint density at radius 3 is 2.52 bits per heavy atom. The number of fused-ring (bicyclic) bond motifs is 1. The molecule has 3 fully saturated rings. The van der Waals surface area contributed by atoms with Crippen LogP contribution in [0.1, 0.15) is 122 Å². The van der Waals surface area contributed by atoms with E-state index in [0.29, 0.717) is 12.2 Å². The van der Waals surface area contributed by atoms with Crippen molar-refractivity contribution in [2.24, 2.45) is 29.6 Å².